The zero-order valence-corrected chi connectivity index (χ0v) is 19.8. The lowest BCUT2D eigenvalue weighted by atomic mass is 10.2. The number of hydrogen-bond acceptors (Lipinski definition) is 7. The Hall–Kier alpha value is -3.32. The quantitative estimate of drug-likeness (QED) is 0.359. The molecule has 0 spiro atoms. The predicted molar refractivity (Wildman–Crippen MR) is 118 cm³/mol. The summed E-state index contributed by atoms with van der Waals surface area (Å²) in [4.78, 5) is 24.6. The lowest BCUT2D eigenvalue weighted by Gasteiger charge is -2.23. The van der Waals surface area contributed by atoms with E-state index in [9.17, 15) is 31.2 Å². The number of esters is 1. The van der Waals surface area contributed by atoms with E-state index in [-0.39, 0.29) is 38.6 Å². The highest BCUT2D eigenvalue weighted by molar-refractivity contribution is 7.87. The predicted octanol–water partition coefficient (Wildman–Crippen LogP) is 3.19. The van der Waals surface area contributed by atoms with Crippen molar-refractivity contribution in [3.63, 3.8) is 0 Å². The highest BCUT2D eigenvalue weighted by Gasteiger charge is 2.32. The highest BCUT2D eigenvalue weighted by atomic mass is 32.2. The first-order valence-electron chi connectivity index (χ1n) is 10.3. The Kier molecular flexibility index (Phi) is 9.89. The third-order valence-electron chi connectivity index (χ3n) is 4.49. The minimum absolute atomic E-state index is 0.0959. The maximum absolute atomic E-state index is 12.9. The van der Waals surface area contributed by atoms with Crippen molar-refractivity contribution in [3.05, 3.63) is 59.7 Å². The van der Waals surface area contributed by atoms with Crippen LogP contribution >= 0.6 is 0 Å². The van der Waals surface area contributed by atoms with Crippen molar-refractivity contribution in [2.24, 2.45) is 0 Å². The number of nitrogens with zero attached hydrogens (tertiary/aromatic N) is 1. The molecule has 0 aliphatic rings. The van der Waals surface area contributed by atoms with Crippen LogP contribution in [0.4, 0.5) is 18.0 Å². The summed E-state index contributed by atoms with van der Waals surface area (Å²) in [5.41, 5.74) is -0.522. The number of benzene rings is 2. The van der Waals surface area contributed by atoms with Crippen LogP contribution in [-0.2, 0) is 37.1 Å². The number of amides is 2. The van der Waals surface area contributed by atoms with Crippen LogP contribution in [0.1, 0.15) is 18.1 Å². The third kappa shape index (κ3) is 8.76. The molecule has 0 aromatic heterocycles. The van der Waals surface area contributed by atoms with Crippen LogP contribution in [0.15, 0.2) is 53.4 Å². The van der Waals surface area contributed by atoms with Gasteiger partial charge in [-0.05, 0) is 42.8 Å². The largest absolute Gasteiger partial charge is 0.465 e. The van der Waals surface area contributed by atoms with Crippen LogP contribution in [0.3, 0.4) is 0 Å². The van der Waals surface area contributed by atoms with Crippen LogP contribution in [-0.4, -0.2) is 58.7 Å². The number of ether oxygens (including phenoxy) is 2. The number of hydrogen-bond donors (Lipinski definition) is 1. The fourth-order valence-corrected chi connectivity index (χ4v) is 3.78. The molecule has 2 amide bonds. The molecule has 2 aromatic carbocycles. The third-order valence-corrected chi connectivity index (χ3v) is 5.74. The monoisotopic (exact) mass is 518 g/mol. The zero-order chi connectivity index (χ0) is 26.1. The smallest absolute Gasteiger partial charge is 0.416 e. The molecule has 0 unspecified atom stereocenters. The molecule has 35 heavy (non-hydrogen) atoms. The summed E-state index contributed by atoms with van der Waals surface area (Å²) < 4.78 is 78.2. The molecule has 9 nitrogen and oxygen atoms in total. The number of alkyl halides is 3. The average molecular weight is 519 g/mol. The molecule has 0 atom stereocenters. The van der Waals surface area contributed by atoms with Crippen LogP contribution in [0.2, 0.25) is 0 Å². The highest BCUT2D eigenvalue weighted by Crippen LogP contribution is 2.31. The van der Waals surface area contributed by atoms with Gasteiger partial charge >= 0.3 is 28.3 Å². The van der Waals surface area contributed by atoms with Gasteiger partial charge in [0.25, 0.3) is 0 Å². The van der Waals surface area contributed by atoms with Crippen molar-refractivity contribution in [3.8, 4) is 5.75 Å². The molecule has 0 radical (unpaired) electrons. The summed E-state index contributed by atoms with van der Waals surface area (Å²) in [6.45, 7) is 2.04. The SMILES string of the molecule is CCOC(=O)CNC(=O)N(CCOC)Cc1ccc(OS(=O)(=O)c2cccc(C(F)(F)F)c2)cc1. The van der Waals surface area contributed by atoms with E-state index in [1.165, 1.54) is 36.3 Å². The first kappa shape index (κ1) is 27.9. The van der Waals surface area contributed by atoms with E-state index in [0.29, 0.717) is 11.6 Å². The van der Waals surface area contributed by atoms with Crippen molar-refractivity contribution in [1.82, 2.24) is 10.2 Å². The van der Waals surface area contributed by atoms with Gasteiger partial charge in [-0.1, -0.05) is 18.2 Å². The van der Waals surface area contributed by atoms with E-state index in [1.54, 1.807) is 6.92 Å². The lowest BCUT2D eigenvalue weighted by molar-refractivity contribution is -0.142. The van der Waals surface area contributed by atoms with E-state index in [2.05, 4.69) is 5.32 Å². The van der Waals surface area contributed by atoms with Crippen LogP contribution < -0.4 is 9.50 Å². The van der Waals surface area contributed by atoms with Gasteiger partial charge in [-0.25, -0.2) is 4.79 Å². The van der Waals surface area contributed by atoms with Crippen LogP contribution in [0.5, 0.6) is 5.75 Å². The molecule has 0 aliphatic carbocycles. The minimum atomic E-state index is -4.70. The van der Waals surface area contributed by atoms with Gasteiger partial charge in [0, 0.05) is 20.2 Å². The second kappa shape index (κ2) is 12.4. The molecule has 13 heteroatoms. The number of methoxy groups -OCH3 is 1. The van der Waals surface area contributed by atoms with Gasteiger partial charge in [-0.3, -0.25) is 4.79 Å². The normalized spacial score (nSPS) is 11.6. The van der Waals surface area contributed by atoms with Crippen molar-refractivity contribution in [2.75, 3.05) is 33.4 Å². The fourth-order valence-electron chi connectivity index (χ4n) is 2.80. The molecule has 0 saturated carbocycles. The maximum Gasteiger partial charge on any atom is 0.416 e. The first-order valence-corrected chi connectivity index (χ1v) is 11.7. The van der Waals surface area contributed by atoms with Crippen LogP contribution in [0.25, 0.3) is 0 Å². The maximum atomic E-state index is 12.9. The molecular formula is C22H25F3N2O7S. The lowest BCUT2D eigenvalue weighted by Crippen LogP contribution is -2.43. The summed E-state index contributed by atoms with van der Waals surface area (Å²) in [5.74, 6) is -0.711. The summed E-state index contributed by atoms with van der Waals surface area (Å²) in [6, 6.07) is 8.30. The van der Waals surface area contributed by atoms with E-state index in [4.69, 9.17) is 13.7 Å². The fraction of sp³-hybridized carbons (Fsp3) is 0.364. The van der Waals surface area contributed by atoms with E-state index in [1.807, 2.05) is 0 Å². The number of halogens is 3. The molecule has 0 fully saturated rings. The molecule has 0 heterocycles. The molecule has 0 aliphatic heterocycles. The van der Waals surface area contributed by atoms with Gasteiger partial charge in [0.15, 0.2) is 0 Å². The molecule has 192 valence electrons. The Bertz CT molecular complexity index is 1110. The number of nitrogens with one attached hydrogen (secondary N) is 1. The standard InChI is InChI=1S/C22H25F3N2O7S/c1-3-33-20(28)14-26-21(29)27(11-12-32-2)15-16-7-9-18(10-8-16)34-35(30,31)19-6-4-5-17(13-19)22(23,24)25/h4-10,13H,3,11-12,14-15H2,1-2H3,(H,26,29). The van der Waals surface area contributed by atoms with Gasteiger partial charge in [0.1, 0.15) is 17.2 Å². The number of carbonyl (C=O) groups is 2. The Labute approximate surface area is 200 Å². The summed E-state index contributed by atoms with van der Waals surface area (Å²) in [7, 11) is -3.05. The number of rotatable bonds is 11. The van der Waals surface area contributed by atoms with E-state index < -0.39 is 38.8 Å². The Morgan fingerprint density at radius 2 is 1.77 bits per heavy atom. The average Bonchev–Trinajstić information content (AvgIpc) is 2.81. The van der Waals surface area contributed by atoms with Crippen molar-refractivity contribution in [2.45, 2.75) is 24.5 Å². The number of urea groups is 1. The van der Waals surface area contributed by atoms with E-state index >= 15 is 0 Å². The minimum Gasteiger partial charge on any atom is -0.465 e. The number of carbonyl (C=O) groups excluding carboxylic acids is 2. The van der Waals surface area contributed by atoms with Crippen molar-refractivity contribution < 1.29 is 44.8 Å². The molecule has 1 N–H and O–H groups in total. The van der Waals surface area contributed by atoms with Gasteiger partial charge in [-0.2, -0.15) is 21.6 Å². The molecular weight excluding hydrogens is 493 g/mol. The van der Waals surface area contributed by atoms with E-state index in [0.717, 1.165) is 18.2 Å². The molecule has 0 bridgehead atoms. The molecule has 0 saturated heterocycles. The second-order valence-corrected chi connectivity index (χ2v) is 8.63. The Morgan fingerprint density at radius 3 is 2.37 bits per heavy atom. The Balaban J connectivity index is 2.08. The topological polar surface area (TPSA) is 111 Å². The molecule has 2 aromatic rings. The van der Waals surface area contributed by atoms with Gasteiger partial charge < -0.3 is 23.9 Å². The molecule has 2 rings (SSSR count). The second-order valence-electron chi connectivity index (χ2n) is 7.09. The van der Waals surface area contributed by atoms with Gasteiger partial charge in [-0.15, -0.1) is 0 Å². The zero-order valence-electron chi connectivity index (χ0n) is 19.0. The van der Waals surface area contributed by atoms with Gasteiger partial charge in [0.05, 0.1) is 18.8 Å². The van der Waals surface area contributed by atoms with Crippen molar-refractivity contribution in [1.29, 1.82) is 0 Å². The van der Waals surface area contributed by atoms with Crippen molar-refractivity contribution >= 4 is 22.1 Å². The van der Waals surface area contributed by atoms with Gasteiger partial charge in [0.2, 0.25) is 0 Å². The summed E-state index contributed by atoms with van der Waals surface area (Å²) in [6.07, 6.45) is -4.70. The summed E-state index contributed by atoms with van der Waals surface area (Å²) >= 11 is 0. The van der Waals surface area contributed by atoms with Crippen LogP contribution in [0, 0.1) is 0 Å². The summed E-state index contributed by atoms with van der Waals surface area (Å²) in [5, 5.41) is 2.45. The first-order chi connectivity index (χ1) is 16.5. The Morgan fingerprint density at radius 1 is 1.09 bits per heavy atom.